The summed E-state index contributed by atoms with van der Waals surface area (Å²) in [6.45, 7) is 8.00. The predicted molar refractivity (Wildman–Crippen MR) is 34.8 cm³/mol. The molecule has 6 heavy (non-hydrogen) atoms. The van der Waals surface area contributed by atoms with Crippen LogP contribution in [0.25, 0.3) is 0 Å². The van der Waals surface area contributed by atoms with Gasteiger partial charge < -0.3 is 0 Å². The Morgan fingerprint density at radius 1 is 1.50 bits per heavy atom. The van der Waals surface area contributed by atoms with Crippen molar-refractivity contribution in [3.05, 3.63) is 6.92 Å². The van der Waals surface area contributed by atoms with Gasteiger partial charge in [-0.25, -0.2) is 0 Å². The number of hydrogen-bond acceptors (Lipinski definition) is 0. The SMILES string of the molecule is [AlH3].[CH2]CC(C)C. The molecule has 0 aromatic rings. The van der Waals surface area contributed by atoms with E-state index in [0.29, 0.717) is 0 Å². The molecule has 0 aromatic carbocycles. The molecule has 0 aromatic heterocycles. The summed E-state index contributed by atoms with van der Waals surface area (Å²) in [7, 11) is 0. The molecule has 0 nitrogen and oxygen atoms in total. The Labute approximate surface area is 51.1 Å². The Bertz CT molecular complexity index is 17.9. The fourth-order valence-corrected chi connectivity index (χ4v) is 0. The molecule has 0 rings (SSSR count). The maximum Gasteiger partial charge on any atom is 0.187 e. The van der Waals surface area contributed by atoms with Crippen molar-refractivity contribution in [1.29, 1.82) is 0 Å². The van der Waals surface area contributed by atoms with E-state index in [2.05, 4.69) is 20.8 Å². The zero-order valence-electron chi connectivity index (χ0n) is 3.99. The van der Waals surface area contributed by atoms with Gasteiger partial charge >= 0.3 is 0 Å². The van der Waals surface area contributed by atoms with Crippen molar-refractivity contribution in [3.63, 3.8) is 0 Å². The third-order valence-electron chi connectivity index (χ3n) is 0.577. The van der Waals surface area contributed by atoms with Crippen LogP contribution in [0.15, 0.2) is 0 Å². The van der Waals surface area contributed by atoms with E-state index in [-0.39, 0.29) is 17.4 Å². The van der Waals surface area contributed by atoms with Gasteiger partial charge in [-0.2, -0.15) is 0 Å². The first-order valence-corrected chi connectivity index (χ1v) is 2.06. The van der Waals surface area contributed by atoms with Crippen molar-refractivity contribution < 1.29 is 0 Å². The first kappa shape index (κ1) is 9.73. The minimum atomic E-state index is 0. The van der Waals surface area contributed by atoms with Gasteiger partial charge in [-0.15, -0.1) is 0 Å². The van der Waals surface area contributed by atoms with Gasteiger partial charge in [0.05, 0.1) is 0 Å². The van der Waals surface area contributed by atoms with Crippen molar-refractivity contribution in [3.8, 4) is 0 Å². The minimum Gasteiger partial charge on any atom is -0.0628 e. The van der Waals surface area contributed by atoms with Crippen molar-refractivity contribution in [2.75, 3.05) is 0 Å². The van der Waals surface area contributed by atoms with Gasteiger partial charge in [0, 0.05) is 0 Å². The molecule has 1 heteroatoms. The molecule has 1 radical (unpaired) electrons. The zero-order chi connectivity index (χ0) is 4.28. The lowest BCUT2D eigenvalue weighted by Crippen LogP contribution is -1.77. The average molecular weight is 101 g/mol. The summed E-state index contributed by atoms with van der Waals surface area (Å²) in [5.41, 5.74) is 0. The van der Waals surface area contributed by atoms with Crippen molar-refractivity contribution in [2.24, 2.45) is 5.92 Å². The van der Waals surface area contributed by atoms with Crippen LogP contribution in [0.1, 0.15) is 20.3 Å². The normalized spacial score (nSPS) is 8.00. The summed E-state index contributed by atoms with van der Waals surface area (Å²) in [5.74, 6) is 0.773. The van der Waals surface area contributed by atoms with Gasteiger partial charge in [-0.3, -0.25) is 0 Å². The largest absolute Gasteiger partial charge is 0.187 e. The molecule has 0 bridgehead atoms. The van der Waals surface area contributed by atoms with Crippen LogP contribution in [0.5, 0.6) is 0 Å². The lowest BCUT2D eigenvalue weighted by Gasteiger charge is -1.90. The summed E-state index contributed by atoms with van der Waals surface area (Å²) >= 11 is 0. The second-order valence-corrected chi connectivity index (χ2v) is 1.68. The highest BCUT2D eigenvalue weighted by Crippen LogP contribution is 1.93. The molecule has 0 spiro atoms. The van der Waals surface area contributed by atoms with Gasteiger partial charge in [0.15, 0.2) is 17.4 Å². The summed E-state index contributed by atoms with van der Waals surface area (Å²) in [4.78, 5) is 0. The lowest BCUT2D eigenvalue weighted by molar-refractivity contribution is 0.661. The van der Waals surface area contributed by atoms with E-state index in [1.807, 2.05) is 0 Å². The van der Waals surface area contributed by atoms with Crippen LogP contribution in [-0.4, -0.2) is 17.4 Å². The van der Waals surface area contributed by atoms with E-state index in [0.717, 1.165) is 12.3 Å². The predicted octanol–water partition coefficient (Wildman–Crippen LogP) is 0.683. The second kappa shape index (κ2) is 5.53. The van der Waals surface area contributed by atoms with Crippen LogP contribution in [0.3, 0.4) is 0 Å². The molecule has 37 valence electrons. The van der Waals surface area contributed by atoms with Crippen molar-refractivity contribution >= 4 is 17.4 Å². The Balaban J connectivity index is 0. The quantitative estimate of drug-likeness (QED) is 0.426. The maximum absolute atomic E-state index is 3.69. The van der Waals surface area contributed by atoms with Crippen LogP contribution >= 0.6 is 0 Å². The van der Waals surface area contributed by atoms with Gasteiger partial charge in [0.2, 0.25) is 0 Å². The molecule has 0 unspecified atom stereocenters. The fourth-order valence-electron chi connectivity index (χ4n) is 0. The molecule has 0 amide bonds. The van der Waals surface area contributed by atoms with E-state index < -0.39 is 0 Å². The number of rotatable bonds is 1. The van der Waals surface area contributed by atoms with Gasteiger partial charge in [0.1, 0.15) is 0 Å². The standard InChI is InChI=1S/C5H11.Al.3H/c1-4-5(2)3;;;;/h5H,1,4H2,2-3H3;;;;. The number of hydrogen-bond donors (Lipinski definition) is 0. The Kier molecular flexibility index (Phi) is 8.97. The van der Waals surface area contributed by atoms with Crippen LogP contribution in [-0.2, 0) is 0 Å². The van der Waals surface area contributed by atoms with E-state index >= 15 is 0 Å². The van der Waals surface area contributed by atoms with E-state index in [1.165, 1.54) is 0 Å². The molecular weight excluding hydrogens is 87.0 g/mol. The molecular formula is C5H14Al. The van der Waals surface area contributed by atoms with Gasteiger partial charge in [-0.05, 0) is 5.92 Å². The van der Waals surface area contributed by atoms with Gasteiger partial charge in [-0.1, -0.05) is 27.2 Å². The summed E-state index contributed by atoms with van der Waals surface area (Å²) < 4.78 is 0. The third-order valence-corrected chi connectivity index (χ3v) is 0.577. The molecule has 0 saturated heterocycles. The topological polar surface area (TPSA) is 0 Å². The highest BCUT2D eigenvalue weighted by molar-refractivity contribution is 5.75. The average Bonchev–Trinajstić information content (AvgIpc) is 1.38. The Morgan fingerprint density at radius 2 is 1.67 bits per heavy atom. The molecule has 0 aliphatic heterocycles. The van der Waals surface area contributed by atoms with Crippen LogP contribution in [0.4, 0.5) is 0 Å². The molecule has 0 heterocycles. The highest BCUT2D eigenvalue weighted by Gasteiger charge is 1.80. The van der Waals surface area contributed by atoms with E-state index in [1.54, 1.807) is 0 Å². The highest BCUT2D eigenvalue weighted by atomic mass is 27.0. The Morgan fingerprint density at radius 3 is 1.67 bits per heavy atom. The van der Waals surface area contributed by atoms with Crippen molar-refractivity contribution in [2.45, 2.75) is 20.3 Å². The zero-order valence-corrected chi connectivity index (χ0v) is 3.99. The Hall–Kier alpha value is 0.532. The van der Waals surface area contributed by atoms with Crippen LogP contribution in [0.2, 0.25) is 0 Å². The van der Waals surface area contributed by atoms with E-state index in [9.17, 15) is 0 Å². The molecule has 0 aliphatic carbocycles. The van der Waals surface area contributed by atoms with E-state index in [4.69, 9.17) is 0 Å². The maximum atomic E-state index is 3.69. The molecule has 0 N–H and O–H groups in total. The first-order valence-electron chi connectivity index (χ1n) is 2.06. The monoisotopic (exact) mass is 101 g/mol. The molecule has 0 saturated carbocycles. The molecule has 0 atom stereocenters. The molecule has 0 fully saturated rings. The first-order chi connectivity index (χ1) is 2.27. The van der Waals surface area contributed by atoms with Crippen LogP contribution in [0, 0.1) is 12.8 Å². The summed E-state index contributed by atoms with van der Waals surface area (Å²) in [6, 6.07) is 0. The van der Waals surface area contributed by atoms with Crippen molar-refractivity contribution in [1.82, 2.24) is 0 Å². The van der Waals surface area contributed by atoms with Gasteiger partial charge in [0.25, 0.3) is 0 Å². The smallest absolute Gasteiger partial charge is 0.0628 e. The summed E-state index contributed by atoms with van der Waals surface area (Å²) in [5, 5.41) is 0. The summed E-state index contributed by atoms with van der Waals surface area (Å²) in [6.07, 6.45) is 1.06. The third kappa shape index (κ3) is 8.82. The molecule has 0 aliphatic rings. The second-order valence-electron chi connectivity index (χ2n) is 1.68. The van der Waals surface area contributed by atoms with Crippen LogP contribution < -0.4 is 0 Å². The lowest BCUT2D eigenvalue weighted by atomic mass is 10.2. The minimum absolute atomic E-state index is 0. The fraction of sp³-hybridized carbons (Fsp3) is 0.800.